The van der Waals surface area contributed by atoms with Gasteiger partial charge in [0, 0.05) is 26.1 Å². The predicted octanol–water partition coefficient (Wildman–Crippen LogP) is 0.720. The second kappa shape index (κ2) is 6.20. The van der Waals surface area contributed by atoms with Gasteiger partial charge in [0.25, 0.3) is 5.56 Å². The summed E-state index contributed by atoms with van der Waals surface area (Å²) in [4.78, 5) is 41.2. The molecule has 0 bridgehead atoms. The van der Waals surface area contributed by atoms with Crippen molar-refractivity contribution in [3.63, 3.8) is 0 Å². The molecule has 2 aromatic rings. The van der Waals surface area contributed by atoms with Crippen molar-refractivity contribution in [2.75, 3.05) is 13.1 Å². The van der Waals surface area contributed by atoms with Crippen LogP contribution in [0.2, 0.25) is 0 Å². The maximum absolute atomic E-state index is 12.3. The molecular weight excluding hydrogens is 298 g/mol. The minimum Gasteiger partial charge on any atom is -0.481 e. The first kappa shape index (κ1) is 15.2. The van der Waals surface area contributed by atoms with Gasteiger partial charge in [0.15, 0.2) is 0 Å². The number of para-hydroxylation sites is 1. The number of nitrogens with zero attached hydrogens (tertiary/aromatic N) is 3. The van der Waals surface area contributed by atoms with Gasteiger partial charge in [-0.15, -0.1) is 0 Å². The van der Waals surface area contributed by atoms with Crippen LogP contribution in [0.5, 0.6) is 0 Å². The number of carbonyl (C=O) groups is 2. The molecule has 1 saturated heterocycles. The number of fused-ring (bicyclic) bond motifs is 1. The van der Waals surface area contributed by atoms with Crippen molar-refractivity contribution < 1.29 is 14.7 Å². The molecule has 0 spiro atoms. The SMILES string of the molecule is O=C(O)C1CCN(C(=O)CCn2cnc3ccccc3c2=O)C1. The number of benzene rings is 1. The molecule has 1 atom stereocenters. The zero-order valence-electron chi connectivity index (χ0n) is 12.5. The summed E-state index contributed by atoms with van der Waals surface area (Å²) in [5.41, 5.74) is 0.456. The third kappa shape index (κ3) is 3.08. The molecule has 3 rings (SSSR count). The van der Waals surface area contributed by atoms with E-state index in [9.17, 15) is 14.4 Å². The molecule has 0 saturated carbocycles. The summed E-state index contributed by atoms with van der Waals surface area (Å²) < 4.78 is 1.42. The van der Waals surface area contributed by atoms with Crippen LogP contribution < -0.4 is 5.56 Å². The molecule has 0 aliphatic carbocycles. The van der Waals surface area contributed by atoms with Crippen molar-refractivity contribution in [3.8, 4) is 0 Å². The van der Waals surface area contributed by atoms with Crippen LogP contribution in [0.15, 0.2) is 35.4 Å². The minimum absolute atomic E-state index is 0.131. The molecule has 1 aromatic heterocycles. The van der Waals surface area contributed by atoms with Gasteiger partial charge in [-0.2, -0.15) is 0 Å². The van der Waals surface area contributed by atoms with E-state index >= 15 is 0 Å². The van der Waals surface area contributed by atoms with E-state index in [4.69, 9.17) is 5.11 Å². The fraction of sp³-hybridized carbons (Fsp3) is 0.375. The molecule has 1 unspecified atom stereocenters. The fourth-order valence-corrected chi connectivity index (χ4v) is 2.83. The Hall–Kier alpha value is -2.70. The number of aryl methyl sites for hydroxylation is 1. The first-order valence-electron chi connectivity index (χ1n) is 7.51. The van der Waals surface area contributed by atoms with E-state index < -0.39 is 11.9 Å². The number of hydrogen-bond donors (Lipinski definition) is 1. The van der Waals surface area contributed by atoms with Gasteiger partial charge >= 0.3 is 5.97 Å². The topological polar surface area (TPSA) is 92.5 Å². The molecule has 1 N–H and O–H groups in total. The summed E-state index contributed by atoms with van der Waals surface area (Å²) in [6.07, 6.45) is 2.09. The summed E-state index contributed by atoms with van der Waals surface area (Å²) in [6, 6.07) is 7.06. The Balaban J connectivity index is 1.67. The van der Waals surface area contributed by atoms with Crippen LogP contribution in [0.25, 0.3) is 10.9 Å². The third-order valence-corrected chi connectivity index (χ3v) is 4.19. The molecule has 7 heteroatoms. The van der Waals surface area contributed by atoms with Gasteiger partial charge in [0.05, 0.1) is 23.1 Å². The van der Waals surface area contributed by atoms with E-state index in [2.05, 4.69) is 4.98 Å². The first-order chi connectivity index (χ1) is 11.1. The normalized spacial score (nSPS) is 17.6. The number of carboxylic acids is 1. The van der Waals surface area contributed by atoms with Gasteiger partial charge in [0.1, 0.15) is 0 Å². The highest BCUT2D eigenvalue weighted by atomic mass is 16.4. The van der Waals surface area contributed by atoms with Crippen LogP contribution in [0, 0.1) is 5.92 Å². The van der Waals surface area contributed by atoms with Crippen LogP contribution >= 0.6 is 0 Å². The number of amides is 1. The van der Waals surface area contributed by atoms with Crippen molar-refractivity contribution in [1.29, 1.82) is 0 Å². The molecule has 23 heavy (non-hydrogen) atoms. The van der Waals surface area contributed by atoms with E-state index in [1.165, 1.54) is 10.9 Å². The molecule has 0 radical (unpaired) electrons. The second-order valence-corrected chi connectivity index (χ2v) is 5.67. The van der Waals surface area contributed by atoms with Gasteiger partial charge in [0.2, 0.25) is 5.91 Å². The summed E-state index contributed by atoms with van der Waals surface area (Å²) in [5.74, 6) is -1.48. The zero-order chi connectivity index (χ0) is 16.4. The van der Waals surface area contributed by atoms with Crippen LogP contribution in [0.4, 0.5) is 0 Å². The van der Waals surface area contributed by atoms with Crippen LogP contribution in [0.1, 0.15) is 12.8 Å². The Morgan fingerprint density at radius 3 is 2.83 bits per heavy atom. The van der Waals surface area contributed by atoms with Gasteiger partial charge < -0.3 is 10.0 Å². The Kier molecular flexibility index (Phi) is 4.10. The van der Waals surface area contributed by atoms with E-state index in [0.717, 1.165) is 0 Å². The number of likely N-dealkylation sites (tertiary alicyclic amines) is 1. The molecule has 2 heterocycles. The van der Waals surface area contributed by atoms with Crippen molar-refractivity contribution in [2.45, 2.75) is 19.4 Å². The summed E-state index contributed by atoms with van der Waals surface area (Å²) >= 11 is 0. The summed E-state index contributed by atoms with van der Waals surface area (Å²) in [7, 11) is 0. The smallest absolute Gasteiger partial charge is 0.308 e. The average molecular weight is 315 g/mol. The molecule has 1 aliphatic heterocycles. The number of carboxylic acid groups (broad SMARTS) is 1. The second-order valence-electron chi connectivity index (χ2n) is 5.67. The highest BCUT2D eigenvalue weighted by Gasteiger charge is 2.30. The van der Waals surface area contributed by atoms with E-state index in [0.29, 0.717) is 23.9 Å². The third-order valence-electron chi connectivity index (χ3n) is 4.19. The van der Waals surface area contributed by atoms with Crippen molar-refractivity contribution >= 4 is 22.8 Å². The number of hydrogen-bond acceptors (Lipinski definition) is 4. The Morgan fingerprint density at radius 2 is 2.09 bits per heavy atom. The van der Waals surface area contributed by atoms with Crippen molar-refractivity contribution in [2.24, 2.45) is 5.92 Å². The predicted molar refractivity (Wildman–Crippen MR) is 82.9 cm³/mol. The number of aliphatic carboxylic acids is 1. The van der Waals surface area contributed by atoms with Crippen LogP contribution in [0.3, 0.4) is 0 Å². The minimum atomic E-state index is -0.866. The lowest BCUT2D eigenvalue weighted by Crippen LogP contribution is -2.31. The maximum Gasteiger partial charge on any atom is 0.308 e. The molecule has 1 fully saturated rings. The van der Waals surface area contributed by atoms with Crippen molar-refractivity contribution in [3.05, 3.63) is 40.9 Å². The molecule has 1 amide bonds. The Morgan fingerprint density at radius 1 is 1.30 bits per heavy atom. The standard InChI is InChI=1S/C16H17N3O4/c20-14(18-7-5-11(9-18)16(22)23)6-8-19-10-17-13-4-2-1-3-12(13)15(19)21/h1-4,10-11H,5-9H2,(H,22,23). The van der Waals surface area contributed by atoms with E-state index in [1.807, 2.05) is 6.07 Å². The lowest BCUT2D eigenvalue weighted by atomic mass is 10.1. The average Bonchev–Trinajstić information content (AvgIpc) is 3.04. The quantitative estimate of drug-likeness (QED) is 0.897. The lowest BCUT2D eigenvalue weighted by Gasteiger charge is -2.16. The van der Waals surface area contributed by atoms with Gasteiger partial charge in [-0.3, -0.25) is 19.0 Å². The maximum atomic E-state index is 12.3. The molecule has 7 nitrogen and oxygen atoms in total. The van der Waals surface area contributed by atoms with Crippen LogP contribution in [-0.4, -0.2) is 44.5 Å². The van der Waals surface area contributed by atoms with Gasteiger partial charge in [-0.1, -0.05) is 12.1 Å². The number of aromatic nitrogens is 2. The lowest BCUT2D eigenvalue weighted by molar-refractivity contribution is -0.141. The van der Waals surface area contributed by atoms with Crippen molar-refractivity contribution in [1.82, 2.24) is 14.5 Å². The monoisotopic (exact) mass is 315 g/mol. The summed E-state index contributed by atoms with van der Waals surface area (Å²) in [6.45, 7) is 0.948. The van der Waals surface area contributed by atoms with E-state index in [1.54, 1.807) is 23.1 Å². The molecular formula is C16H17N3O4. The number of carbonyl (C=O) groups excluding carboxylic acids is 1. The molecule has 1 aliphatic rings. The molecule has 1 aromatic carbocycles. The number of rotatable bonds is 4. The highest BCUT2D eigenvalue weighted by molar-refractivity contribution is 5.79. The van der Waals surface area contributed by atoms with Crippen LogP contribution in [-0.2, 0) is 16.1 Å². The largest absolute Gasteiger partial charge is 0.481 e. The molecule has 120 valence electrons. The summed E-state index contributed by atoms with van der Waals surface area (Å²) in [5, 5.41) is 9.49. The van der Waals surface area contributed by atoms with E-state index in [-0.39, 0.29) is 31.0 Å². The first-order valence-corrected chi connectivity index (χ1v) is 7.51. The van der Waals surface area contributed by atoms with Gasteiger partial charge in [-0.05, 0) is 18.6 Å². The Bertz CT molecular complexity index is 814. The highest BCUT2D eigenvalue weighted by Crippen LogP contribution is 2.17. The Labute approximate surface area is 132 Å². The van der Waals surface area contributed by atoms with Gasteiger partial charge in [-0.25, -0.2) is 4.98 Å². The zero-order valence-corrected chi connectivity index (χ0v) is 12.5. The fourth-order valence-electron chi connectivity index (χ4n) is 2.83.